The monoisotopic (exact) mass is 544 g/mol. The summed E-state index contributed by atoms with van der Waals surface area (Å²) in [5.74, 6) is -6.22. The largest absolute Gasteiger partial charge is 0.481 e. The van der Waals surface area contributed by atoms with Crippen LogP contribution in [0.1, 0.15) is 58.8 Å². The maximum atomic E-state index is 13.1. The van der Waals surface area contributed by atoms with E-state index in [9.17, 15) is 33.9 Å². The van der Waals surface area contributed by atoms with Crippen LogP contribution in [0.15, 0.2) is 4.99 Å². The van der Waals surface area contributed by atoms with E-state index in [4.69, 9.17) is 28.0 Å². The van der Waals surface area contributed by atoms with Gasteiger partial charge >= 0.3 is 11.9 Å². The second-order valence-electron chi connectivity index (χ2n) is 8.82. The third kappa shape index (κ3) is 14.0. The number of aliphatic carboxylic acids is 2. The number of rotatable bonds is 19. The average Bonchev–Trinajstić information content (AvgIpc) is 2.83. The zero-order valence-electron chi connectivity index (χ0n) is 21.6. The van der Waals surface area contributed by atoms with Crippen LogP contribution in [0, 0.1) is 5.92 Å². The summed E-state index contributed by atoms with van der Waals surface area (Å²) in [6, 6.07) is -5.05. The molecule has 16 heteroatoms. The lowest BCUT2D eigenvalue weighted by atomic mass is 9.98. The molecule has 0 radical (unpaired) electrons. The van der Waals surface area contributed by atoms with Gasteiger partial charge < -0.3 is 49.1 Å². The van der Waals surface area contributed by atoms with E-state index in [-0.39, 0.29) is 44.1 Å². The maximum Gasteiger partial charge on any atom is 0.326 e. The zero-order chi connectivity index (χ0) is 29.4. The minimum atomic E-state index is -1.53. The summed E-state index contributed by atoms with van der Waals surface area (Å²) in [6.07, 6.45) is -0.597. The fraction of sp³-hybridized carbons (Fsp3) is 0.682. The molecule has 0 aromatic carbocycles. The Balaban J connectivity index is 5.76. The summed E-state index contributed by atoms with van der Waals surface area (Å²) in [4.78, 5) is 76.0. The van der Waals surface area contributed by atoms with Crippen molar-refractivity contribution in [1.29, 1.82) is 0 Å². The second kappa shape index (κ2) is 17.5. The molecule has 0 aromatic rings. The van der Waals surface area contributed by atoms with Crippen molar-refractivity contribution in [2.45, 2.75) is 83.0 Å². The molecule has 0 bridgehead atoms. The lowest BCUT2D eigenvalue weighted by Crippen LogP contribution is -2.57. The van der Waals surface area contributed by atoms with Crippen LogP contribution in [-0.4, -0.2) is 82.5 Å². The minimum Gasteiger partial charge on any atom is -0.481 e. The van der Waals surface area contributed by atoms with Crippen LogP contribution >= 0.6 is 0 Å². The molecule has 0 saturated carbocycles. The molecule has 0 fully saturated rings. The number of aliphatic imine (C=N–C) groups is 1. The highest BCUT2D eigenvalue weighted by molar-refractivity contribution is 5.94. The first kappa shape index (κ1) is 34.0. The molecule has 0 spiro atoms. The van der Waals surface area contributed by atoms with Crippen LogP contribution in [0.2, 0.25) is 0 Å². The molecule has 38 heavy (non-hydrogen) atoms. The van der Waals surface area contributed by atoms with Crippen molar-refractivity contribution in [1.82, 2.24) is 16.0 Å². The van der Waals surface area contributed by atoms with Crippen molar-refractivity contribution in [3.63, 3.8) is 0 Å². The first-order chi connectivity index (χ1) is 17.7. The summed E-state index contributed by atoms with van der Waals surface area (Å²) < 4.78 is 0. The van der Waals surface area contributed by atoms with Gasteiger partial charge in [0.25, 0.3) is 0 Å². The molecule has 5 unspecified atom stereocenters. The van der Waals surface area contributed by atoms with Gasteiger partial charge in [0.2, 0.25) is 23.6 Å². The molecule has 0 rings (SSSR count). The molecule has 5 atom stereocenters. The lowest BCUT2D eigenvalue weighted by molar-refractivity contribution is -0.143. The van der Waals surface area contributed by atoms with Gasteiger partial charge in [-0.25, -0.2) is 4.79 Å². The molecule has 0 aromatic heterocycles. The topological polar surface area (TPSA) is 295 Å². The molecule has 13 N–H and O–H groups in total. The van der Waals surface area contributed by atoms with E-state index in [1.807, 2.05) is 6.92 Å². The molecule has 216 valence electrons. The van der Waals surface area contributed by atoms with Gasteiger partial charge in [-0.15, -0.1) is 0 Å². The van der Waals surface area contributed by atoms with E-state index in [0.717, 1.165) is 0 Å². The van der Waals surface area contributed by atoms with Crippen molar-refractivity contribution in [3.8, 4) is 0 Å². The number of carbonyl (C=O) groups excluding carboxylic acids is 4. The zero-order valence-corrected chi connectivity index (χ0v) is 21.6. The molecular formula is C22H40N8O8. The Kier molecular flexibility index (Phi) is 15.7. The molecule has 0 aliphatic carbocycles. The van der Waals surface area contributed by atoms with E-state index in [0.29, 0.717) is 6.42 Å². The van der Waals surface area contributed by atoms with Gasteiger partial charge in [-0.2, -0.15) is 0 Å². The number of nitrogens with two attached hydrogens (primary N) is 4. The molecule has 0 aliphatic rings. The summed E-state index contributed by atoms with van der Waals surface area (Å²) in [7, 11) is 0. The second-order valence-corrected chi connectivity index (χ2v) is 8.82. The summed E-state index contributed by atoms with van der Waals surface area (Å²) in [6.45, 7) is 3.68. The van der Waals surface area contributed by atoms with E-state index in [2.05, 4.69) is 20.9 Å². The molecule has 0 saturated heterocycles. The first-order valence-corrected chi connectivity index (χ1v) is 12.1. The average molecular weight is 545 g/mol. The Hall–Kier alpha value is -3.95. The quantitative estimate of drug-likeness (QED) is 0.0450. The van der Waals surface area contributed by atoms with E-state index in [1.165, 1.54) is 0 Å². The van der Waals surface area contributed by atoms with Gasteiger partial charge in [-0.05, 0) is 31.6 Å². The summed E-state index contributed by atoms with van der Waals surface area (Å²) in [5.41, 5.74) is 21.7. The number of primary amides is 1. The third-order valence-corrected chi connectivity index (χ3v) is 5.71. The SMILES string of the molecule is CCC(C)C(N)C(=O)NC(CCC(N)=O)C(=O)NC(CCCN=C(N)N)C(=O)NC(CCC(=O)O)C(=O)O. The number of carboxylic acids is 2. The minimum absolute atomic E-state index is 0.0392. The lowest BCUT2D eigenvalue weighted by Gasteiger charge is -2.26. The van der Waals surface area contributed by atoms with Crippen LogP contribution in [0.25, 0.3) is 0 Å². The van der Waals surface area contributed by atoms with Gasteiger partial charge in [0.15, 0.2) is 5.96 Å². The van der Waals surface area contributed by atoms with Crippen LogP contribution in [-0.2, 0) is 28.8 Å². The van der Waals surface area contributed by atoms with Crippen LogP contribution in [0.3, 0.4) is 0 Å². The molecule has 0 heterocycles. The smallest absolute Gasteiger partial charge is 0.326 e. The number of hydrogen-bond donors (Lipinski definition) is 9. The van der Waals surface area contributed by atoms with Gasteiger partial charge in [0, 0.05) is 19.4 Å². The molecular weight excluding hydrogens is 504 g/mol. The number of hydrogen-bond acceptors (Lipinski definition) is 8. The van der Waals surface area contributed by atoms with Crippen LogP contribution in [0.5, 0.6) is 0 Å². The Morgan fingerprint density at radius 2 is 1.29 bits per heavy atom. The maximum absolute atomic E-state index is 13.1. The first-order valence-electron chi connectivity index (χ1n) is 12.1. The van der Waals surface area contributed by atoms with Crippen molar-refractivity contribution >= 4 is 41.5 Å². The number of carboxylic acid groups (broad SMARTS) is 2. The Morgan fingerprint density at radius 1 is 0.789 bits per heavy atom. The van der Waals surface area contributed by atoms with E-state index < -0.39 is 72.6 Å². The Labute approximate surface area is 220 Å². The molecule has 16 nitrogen and oxygen atoms in total. The number of amides is 4. The highest BCUT2D eigenvalue weighted by atomic mass is 16.4. The van der Waals surface area contributed by atoms with Crippen LogP contribution < -0.4 is 38.9 Å². The number of guanidine groups is 1. The fourth-order valence-electron chi connectivity index (χ4n) is 3.18. The van der Waals surface area contributed by atoms with Gasteiger partial charge in [-0.1, -0.05) is 20.3 Å². The number of carbonyl (C=O) groups is 6. The molecule has 0 aliphatic heterocycles. The van der Waals surface area contributed by atoms with E-state index in [1.54, 1.807) is 6.92 Å². The Bertz CT molecular complexity index is 877. The third-order valence-electron chi connectivity index (χ3n) is 5.71. The van der Waals surface area contributed by atoms with Crippen molar-refractivity contribution < 1.29 is 39.0 Å². The van der Waals surface area contributed by atoms with Gasteiger partial charge in [0.1, 0.15) is 18.1 Å². The molecule has 4 amide bonds. The fourth-order valence-corrected chi connectivity index (χ4v) is 3.18. The van der Waals surface area contributed by atoms with Crippen molar-refractivity contribution in [2.24, 2.45) is 33.8 Å². The van der Waals surface area contributed by atoms with Gasteiger partial charge in [-0.3, -0.25) is 29.0 Å². The summed E-state index contributed by atoms with van der Waals surface area (Å²) >= 11 is 0. The van der Waals surface area contributed by atoms with Crippen molar-refractivity contribution in [2.75, 3.05) is 6.54 Å². The predicted molar refractivity (Wildman–Crippen MR) is 136 cm³/mol. The number of nitrogens with one attached hydrogen (secondary N) is 3. The Morgan fingerprint density at radius 3 is 1.76 bits per heavy atom. The number of nitrogens with zero attached hydrogens (tertiary/aromatic N) is 1. The van der Waals surface area contributed by atoms with Gasteiger partial charge in [0.05, 0.1) is 6.04 Å². The van der Waals surface area contributed by atoms with Crippen LogP contribution in [0.4, 0.5) is 0 Å². The highest BCUT2D eigenvalue weighted by Gasteiger charge is 2.31. The van der Waals surface area contributed by atoms with E-state index >= 15 is 0 Å². The summed E-state index contributed by atoms with van der Waals surface area (Å²) in [5, 5.41) is 25.3. The predicted octanol–water partition coefficient (Wildman–Crippen LogP) is -2.92. The van der Waals surface area contributed by atoms with Crippen molar-refractivity contribution in [3.05, 3.63) is 0 Å². The normalized spacial score (nSPS) is 14.6. The highest BCUT2D eigenvalue weighted by Crippen LogP contribution is 2.08. The standard InChI is InChI=1S/C22H40N8O8/c1-3-11(2)17(24)20(36)29-13(6-8-15(23)31)19(35)28-12(5-4-10-27-22(25)26)18(34)30-14(21(37)38)7-9-16(32)33/h11-14,17H,3-10,24H2,1-2H3,(H2,23,31)(H,28,35)(H,29,36)(H,30,34)(H,32,33)(H,37,38)(H4,25,26,27).